The van der Waals surface area contributed by atoms with Gasteiger partial charge in [0.15, 0.2) is 5.69 Å². The number of amides is 1. The van der Waals surface area contributed by atoms with Crippen LogP contribution >= 0.6 is 11.6 Å². The van der Waals surface area contributed by atoms with Gasteiger partial charge in [-0.2, -0.15) is 5.10 Å². The van der Waals surface area contributed by atoms with Crippen molar-refractivity contribution in [2.45, 2.75) is 13.3 Å². The quantitative estimate of drug-likeness (QED) is 0.832. The van der Waals surface area contributed by atoms with Crippen LogP contribution in [0.4, 0.5) is 0 Å². The number of nitrogens with zero attached hydrogens (tertiary/aromatic N) is 3. The fraction of sp³-hybridized carbons (Fsp3) is 0.375. The van der Waals surface area contributed by atoms with E-state index >= 15 is 0 Å². The fourth-order valence-corrected chi connectivity index (χ4v) is 2.33. The third-order valence-electron chi connectivity index (χ3n) is 3.24. The van der Waals surface area contributed by atoms with E-state index in [9.17, 15) is 4.79 Å². The highest BCUT2D eigenvalue weighted by Crippen LogP contribution is 2.16. The lowest BCUT2D eigenvalue weighted by molar-refractivity contribution is 0.0947. The van der Waals surface area contributed by atoms with E-state index in [4.69, 9.17) is 11.6 Å². The molecule has 2 aromatic rings. The second-order valence-electron chi connectivity index (χ2n) is 5.48. The number of hydrogen-bond acceptors (Lipinski definition) is 3. The highest BCUT2D eigenvalue weighted by atomic mass is 35.5. The Hall–Kier alpha value is -1.85. The summed E-state index contributed by atoms with van der Waals surface area (Å²) in [6.07, 6.45) is 0.909. The molecule has 0 spiro atoms. The van der Waals surface area contributed by atoms with Crippen LogP contribution in [0.2, 0.25) is 5.02 Å². The zero-order valence-corrected chi connectivity index (χ0v) is 13.9. The number of carbonyl (C=O) groups is 1. The topological polar surface area (TPSA) is 50.2 Å². The molecule has 0 bridgehead atoms. The van der Waals surface area contributed by atoms with Crippen molar-refractivity contribution in [2.24, 2.45) is 0 Å². The van der Waals surface area contributed by atoms with E-state index in [1.54, 1.807) is 10.7 Å². The van der Waals surface area contributed by atoms with Gasteiger partial charge in [0.1, 0.15) is 0 Å². The van der Waals surface area contributed by atoms with Crippen LogP contribution < -0.4 is 5.32 Å². The van der Waals surface area contributed by atoms with E-state index in [0.29, 0.717) is 17.3 Å². The molecule has 0 aliphatic rings. The molecule has 1 N–H and O–H groups in total. The number of aryl methyl sites for hydroxylation is 1. The maximum atomic E-state index is 12.1. The molecular weight excluding hydrogens is 300 g/mol. The fourth-order valence-electron chi connectivity index (χ4n) is 2.14. The van der Waals surface area contributed by atoms with Gasteiger partial charge < -0.3 is 10.2 Å². The Morgan fingerprint density at radius 2 is 2.14 bits per heavy atom. The van der Waals surface area contributed by atoms with E-state index in [0.717, 1.165) is 24.3 Å². The van der Waals surface area contributed by atoms with Gasteiger partial charge in [0.05, 0.1) is 5.69 Å². The van der Waals surface area contributed by atoms with Gasteiger partial charge >= 0.3 is 0 Å². The predicted octanol–water partition coefficient (Wildman–Crippen LogP) is 2.52. The van der Waals surface area contributed by atoms with E-state index in [2.05, 4.69) is 15.3 Å². The molecule has 1 heterocycles. The standard InChI is InChI=1S/C16H21ClN4O/c1-12-10-15(16(22)18-8-5-9-20(2)3)19-21(12)14-7-4-6-13(17)11-14/h4,6-7,10-11H,5,8-9H2,1-3H3,(H,18,22). The van der Waals surface area contributed by atoms with Gasteiger partial charge in [0.25, 0.3) is 5.91 Å². The van der Waals surface area contributed by atoms with Crippen LogP contribution in [0.1, 0.15) is 22.6 Å². The van der Waals surface area contributed by atoms with Crippen molar-refractivity contribution in [1.29, 1.82) is 0 Å². The van der Waals surface area contributed by atoms with Crippen LogP contribution in [-0.2, 0) is 0 Å². The largest absolute Gasteiger partial charge is 0.351 e. The molecular formula is C16H21ClN4O. The molecule has 0 atom stereocenters. The van der Waals surface area contributed by atoms with Crippen LogP contribution in [0, 0.1) is 6.92 Å². The number of hydrogen-bond donors (Lipinski definition) is 1. The number of benzene rings is 1. The molecule has 5 nitrogen and oxygen atoms in total. The maximum Gasteiger partial charge on any atom is 0.271 e. The second-order valence-corrected chi connectivity index (χ2v) is 5.91. The van der Waals surface area contributed by atoms with Crippen molar-refractivity contribution in [3.05, 3.63) is 46.7 Å². The van der Waals surface area contributed by atoms with Crippen molar-refractivity contribution in [2.75, 3.05) is 27.2 Å². The molecule has 0 fully saturated rings. The minimum absolute atomic E-state index is 0.150. The molecule has 0 saturated heterocycles. The van der Waals surface area contributed by atoms with Gasteiger partial charge in [-0.15, -0.1) is 0 Å². The molecule has 1 aromatic carbocycles. The smallest absolute Gasteiger partial charge is 0.271 e. The molecule has 1 amide bonds. The van der Waals surface area contributed by atoms with Crippen LogP contribution in [0.3, 0.4) is 0 Å². The van der Waals surface area contributed by atoms with E-state index in [-0.39, 0.29) is 5.91 Å². The number of aromatic nitrogens is 2. The molecule has 0 aliphatic heterocycles. The second kappa shape index (κ2) is 7.42. The number of nitrogens with one attached hydrogen (secondary N) is 1. The molecule has 22 heavy (non-hydrogen) atoms. The lowest BCUT2D eigenvalue weighted by Gasteiger charge is -2.09. The summed E-state index contributed by atoms with van der Waals surface area (Å²) in [7, 11) is 4.02. The van der Waals surface area contributed by atoms with E-state index < -0.39 is 0 Å². The first-order valence-corrected chi connectivity index (χ1v) is 7.60. The minimum Gasteiger partial charge on any atom is -0.351 e. The Morgan fingerprint density at radius 3 is 2.82 bits per heavy atom. The lowest BCUT2D eigenvalue weighted by Crippen LogP contribution is -2.27. The average Bonchev–Trinajstić information content (AvgIpc) is 2.85. The summed E-state index contributed by atoms with van der Waals surface area (Å²) in [6.45, 7) is 3.49. The third-order valence-corrected chi connectivity index (χ3v) is 3.48. The minimum atomic E-state index is -0.150. The molecule has 0 saturated carbocycles. The zero-order valence-electron chi connectivity index (χ0n) is 13.1. The summed E-state index contributed by atoms with van der Waals surface area (Å²) in [6, 6.07) is 9.18. The molecule has 2 rings (SSSR count). The lowest BCUT2D eigenvalue weighted by atomic mass is 10.3. The maximum absolute atomic E-state index is 12.1. The van der Waals surface area contributed by atoms with Gasteiger partial charge in [0.2, 0.25) is 0 Å². The number of halogens is 1. The highest BCUT2D eigenvalue weighted by Gasteiger charge is 2.13. The molecule has 6 heteroatoms. The van der Waals surface area contributed by atoms with Gasteiger partial charge in [0, 0.05) is 17.3 Å². The summed E-state index contributed by atoms with van der Waals surface area (Å²) in [5.41, 5.74) is 2.15. The highest BCUT2D eigenvalue weighted by molar-refractivity contribution is 6.30. The van der Waals surface area contributed by atoms with E-state index in [1.165, 1.54) is 0 Å². The van der Waals surface area contributed by atoms with Crippen molar-refractivity contribution in [1.82, 2.24) is 20.0 Å². The van der Waals surface area contributed by atoms with Crippen molar-refractivity contribution in [3.63, 3.8) is 0 Å². The Labute approximate surface area is 135 Å². The van der Waals surface area contributed by atoms with Gasteiger partial charge in [-0.05, 0) is 58.3 Å². The average molecular weight is 321 g/mol. The molecule has 0 radical (unpaired) electrons. The molecule has 118 valence electrons. The van der Waals surface area contributed by atoms with Crippen molar-refractivity contribution < 1.29 is 4.79 Å². The van der Waals surface area contributed by atoms with Crippen molar-refractivity contribution in [3.8, 4) is 5.69 Å². The summed E-state index contributed by atoms with van der Waals surface area (Å²) in [5.74, 6) is -0.150. The number of carbonyl (C=O) groups excluding carboxylic acids is 1. The summed E-state index contributed by atoms with van der Waals surface area (Å²) < 4.78 is 1.72. The zero-order chi connectivity index (χ0) is 16.1. The van der Waals surface area contributed by atoms with Crippen molar-refractivity contribution >= 4 is 17.5 Å². The van der Waals surface area contributed by atoms with Crippen LogP contribution in [0.25, 0.3) is 5.69 Å². The monoisotopic (exact) mass is 320 g/mol. The third kappa shape index (κ3) is 4.32. The Morgan fingerprint density at radius 1 is 1.36 bits per heavy atom. The number of rotatable bonds is 6. The van der Waals surface area contributed by atoms with Gasteiger partial charge in [-0.25, -0.2) is 4.68 Å². The summed E-state index contributed by atoms with van der Waals surface area (Å²) >= 11 is 6.00. The van der Waals surface area contributed by atoms with Crippen LogP contribution in [0.15, 0.2) is 30.3 Å². The predicted molar refractivity (Wildman–Crippen MR) is 88.8 cm³/mol. The molecule has 1 aromatic heterocycles. The van der Waals surface area contributed by atoms with E-state index in [1.807, 2.05) is 45.3 Å². The molecule has 0 aliphatic carbocycles. The first-order valence-electron chi connectivity index (χ1n) is 7.23. The Kier molecular flexibility index (Phi) is 5.57. The van der Waals surface area contributed by atoms with Gasteiger partial charge in [-0.3, -0.25) is 4.79 Å². The first-order chi connectivity index (χ1) is 10.5. The van der Waals surface area contributed by atoms with Crippen LogP contribution in [-0.4, -0.2) is 47.8 Å². The summed E-state index contributed by atoms with van der Waals surface area (Å²) in [5, 5.41) is 7.90. The Balaban J connectivity index is 2.04. The van der Waals surface area contributed by atoms with Gasteiger partial charge in [-0.1, -0.05) is 17.7 Å². The summed E-state index contributed by atoms with van der Waals surface area (Å²) in [4.78, 5) is 14.2. The Bertz CT molecular complexity index is 651. The van der Waals surface area contributed by atoms with Crippen LogP contribution in [0.5, 0.6) is 0 Å². The normalized spacial score (nSPS) is 11.0. The molecule has 0 unspecified atom stereocenters. The SMILES string of the molecule is Cc1cc(C(=O)NCCCN(C)C)nn1-c1cccc(Cl)c1. The first kappa shape index (κ1) is 16.5.